The quantitative estimate of drug-likeness (QED) is 0.0169. The smallest absolute Gasteiger partial charge is 0.462 e. The van der Waals surface area contributed by atoms with Gasteiger partial charge in [0.2, 0.25) is 0 Å². The van der Waals surface area contributed by atoms with Crippen molar-refractivity contribution in [2.24, 2.45) is 0 Å². The zero-order chi connectivity index (χ0) is 76.0. The number of hydrogen-bond acceptors (Lipinski definition) is 15. The molecule has 0 aromatic carbocycles. The highest BCUT2D eigenvalue weighted by Crippen LogP contribution is 2.45. The number of carbonyl (C=O) groups is 4. The summed E-state index contributed by atoms with van der Waals surface area (Å²) in [4.78, 5) is 73.0. The second-order valence-electron chi connectivity index (χ2n) is 24.8. The van der Waals surface area contributed by atoms with E-state index < -0.39 is 97.5 Å². The van der Waals surface area contributed by atoms with Crippen LogP contribution >= 0.6 is 15.6 Å². The van der Waals surface area contributed by atoms with Crippen molar-refractivity contribution in [1.82, 2.24) is 0 Å². The van der Waals surface area contributed by atoms with Crippen molar-refractivity contribution in [1.29, 1.82) is 0 Å². The highest BCUT2D eigenvalue weighted by atomic mass is 31.2. The number of phosphoric ester groups is 2. The number of ether oxygens (including phenoxy) is 4. The largest absolute Gasteiger partial charge is 0.472 e. The standard InChI is InChI=1S/C85H134O17P2/c1-5-9-13-17-21-25-29-33-37-39-43-45-49-53-57-61-65-69-82(87)95-75-80(101-84(89)71-67-63-59-55-51-47-41-35-31-27-23-19-15-11-7-3)77-99-103(91,92)97-73-79(86)74-98-104(93,94)100-78-81(102-85(90)72-68-64-60-56-52-48-42-36-32-28-24-20-16-12-8-4)76-96-83(88)70-66-62-58-54-50-46-44-40-38-34-30-26-22-18-14-10-6-2/h9-16,21-28,33-38,41-46,51,53,55,57,79-81,86H,5-8,17-20,29-32,39-40,47-50,52,54,56,58-78H2,1-4H3,(H,91,92)(H,93,94)/b13-9-,14-10-,15-11-,16-12-,25-21-,26-22-,27-23-,28-24-,37-33-,38-34-,41-35-,42-36-,45-43-,46-44-,55-51-,57-53-. The Labute approximate surface area is 627 Å². The summed E-state index contributed by atoms with van der Waals surface area (Å²) in [5.74, 6) is -2.36. The lowest BCUT2D eigenvalue weighted by Crippen LogP contribution is -2.30. The van der Waals surface area contributed by atoms with Crippen LogP contribution in [-0.2, 0) is 65.4 Å². The third kappa shape index (κ3) is 74.2. The fourth-order valence-electron chi connectivity index (χ4n) is 9.31. The summed E-state index contributed by atoms with van der Waals surface area (Å²) in [7, 11) is -10.0. The zero-order valence-corrected chi connectivity index (χ0v) is 65.6. The van der Waals surface area contributed by atoms with Crippen LogP contribution in [0.1, 0.15) is 259 Å². The van der Waals surface area contributed by atoms with Crippen LogP contribution in [0, 0.1) is 0 Å². The van der Waals surface area contributed by atoms with Gasteiger partial charge in [-0.25, -0.2) is 9.13 Å². The van der Waals surface area contributed by atoms with Crippen LogP contribution < -0.4 is 0 Å². The average molecular weight is 1490 g/mol. The van der Waals surface area contributed by atoms with Gasteiger partial charge in [-0.1, -0.05) is 254 Å². The third-order valence-electron chi connectivity index (χ3n) is 15.0. The third-order valence-corrected chi connectivity index (χ3v) is 16.9. The van der Waals surface area contributed by atoms with Gasteiger partial charge in [-0.3, -0.25) is 37.3 Å². The minimum absolute atomic E-state index is 0.0215. The van der Waals surface area contributed by atoms with Crippen LogP contribution in [0.5, 0.6) is 0 Å². The zero-order valence-electron chi connectivity index (χ0n) is 63.9. The summed E-state index contributed by atoms with van der Waals surface area (Å²) < 4.78 is 68.4. The molecular weight excluding hydrogens is 1350 g/mol. The van der Waals surface area contributed by atoms with Crippen LogP contribution in [0.25, 0.3) is 0 Å². The Morgan fingerprint density at radius 1 is 0.269 bits per heavy atom. The Kier molecular flexibility index (Phi) is 70.7. The predicted octanol–water partition coefficient (Wildman–Crippen LogP) is 22.5. The topological polar surface area (TPSA) is 237 Å². The molecule has 19 heteroatoms. The Balaban J connectivity index is 5.51. The van der Waals surface area contributed by atoms with Crippen LogP contribution in [0.15, 0.2) is 194 Å². The first-order valence-corrected chi connectivity index (χ1v) is 41.7. The van der Waals surface area contributed by atoms with E-state index in [0.717, 1.165) is 167 Å². The molecule has 0 rings (SSSR count). The minimum Gasteiger partial charge on any atom is -0.462 e. The molecule has 0 heterocycles. The van der Waals surface area contributed by atoms with Gasteiger partial charge in [-0.05, 0) is 173 Å². The summed E-state index contributed by atoms with van der Waals surface area (Å²) in [5, 5.41) is 10.6. The Bertz CT molecular complexity index is 2740. The summed E-state index contributed by atoms with van der Waals surface area (Å²) in [6.45, 7) is 4.22. The molecule has 0 aliphatic heterocycles. The van der Waals surface area contributed by atoms with E-state index in [2.05, 4.69) is 204 Å². The van der Waals surface area contributed by atoms with Gasteiger partial charge in [0, 0.05) is 25.7 Å². The highest BCUT2D eigenvalue weighted by Gasteiger charge is 2.30. The molecule has 0 fully saturated rings. The molecular formula is C85H134O17P2. The van der Waals surface area contributed by atoms with Gasteiger partial charge in [0.05, 0.1) is 26.4 Å². The molecule has 0 saturated heterocycles. The Morgan fingerprint density at radius 3 is 0.779 bits per heavy atom. The molecule has 0 amide bonds. The van der Waals surface area contributed by atoms with Crippen LogP contribution in [0.3, 0.4) is 0 Å². The Hall–Kier alpha value is -6.10. The van der Waals surface area contributed by atoms with E-state index in [1.807, 2.05) is 18.2 Å². The van der Waals surface area contributed by atoms with E-state index in [0.29, 0.717) is 38.5 Å². The van der Waals surface area contributed by atoms with Crippen molar-refractivity contribution in [3.8, 4) is 0 Å². The van der Waals surface area contributed by atoms with E-state index in [1.165, 1.54) is 0 Å². The molecule has 104 heavy (non-hydrogen) atoms. The monoisotopic (exact) mass is 1490 g/mol. The Morgan fingerprint density at radius 2 is 0.481 bits per heavy atom. The lowest BCUT2D eigenvalue weighted by atomic mass is 10.1. The van der Waals surface area contributed by atoms with E-state index in [1.54, 1.807) is 0 Å². The molecule has 0 bridgehead atoms. The number of hydrogen-bond donors (Lipinski definition) is 3. The van der Waals surface area contributed by atoms with Crippen LogP contribution in [0.4, 0.5) is 0 Å². The summed E-state index contributed by atoms with van der Waals surface area (Å²) in [6.07, 6.45) is 91.4. The first-order chi connectivity index (χ1) is 50.7. The van der Waals surface area contributed by atoms with Gasteiger partial charge < -0.3 is 33.8 Å². The second-order valence-corrected chi connectivity index (χ2v) is 27.7. The van der Waals surface area contributed by atoms with Crippen molar-refractivity contribution < 1.29 is 80.2 Å². The molecule has 0 radical (unpaired) electrons. The summed E-state index contributed by atoms with van der Waals surface area (Å²) >= 11 is 0. The molecule has 5 unspecified atom stereocenters. The fraction of sp³-hybridized carbons (Fsp3) is 0.576. The van der Waals surface area contributed by atoms with Crippen molar-refractivity contribution in [3.05, 3.63) is 194 Å². The number of carbonyl (C=O) groups excluding carboxylic acids is 4. The lowest BCUT2D eigenvalue weighted by molar-refractivity contribution is -0.161. The molecule has 0 spiro atoms. The van der Waals surface area contributed by atoms with Gasteiger partial charge in [-0.2, -0.15) is 0 Å². The number of unbranched alkanes of at least 4 members (excludes halogenated alkanes) is 12. The molecule has 17 nitrogen and oxygen atoms in total. The van der Waals surface area contributed by atoms with Crippen LogP contribution in [0.2, 0.25) is 0 Å². The molecule has 0 aliphatic rings. The van der Waals surface area contributed by atoms with Gasteiger partial charge in [-0.15, -0.1) is 0 Å². The number of phosphoric acid groups is 2. The second kappa shape index (κ2) is 75.1. The van der Waals surface area contributed by atoms with Crippen molar-refractivity contribution in [2.75, 3.05) is 39.6 Å². The summed E-state index contributed by atoms with van der Waals surface area (Å²) in [6, 6.07) is 0. The summed E-state index contributed by atoms with van der Waals surface area (Å²) in [5.41, 5.74) is 0. The number of esters is 4. The van der Waals surface area contributed by atoms with Crippen LogP contribution in [-0.4, -0.2) is 96.7 Å². The highest BCUT2D eigenvalue weighted by molar-refractivity contribution is 7.47. The SMILES string of the molecule is CC/C=C\C/C=C\C/C=C\C/C=C\C/C=C\CCCC(=O)OCC(COP(=O)(O)OCC(O)COP(=O)(O)OCC(COC(=O)CCCCCC/C=C\C/C=C\C/C=C\C/C=C\CC)OC(=O)CCCCCCC/C=C\C/C=C\C/C=C\CC)OC(=O)CCCC/C=C\C/C=C\C/C=C\C/C=C\CC. The van der Waals surface area contributed by atoms with Crippen molar-refractivity contribution in [2.45, 2.75) is 277 Å². The number of rotatable bonds is 70. The molecule has 5 atom stereocenters. The first-order valence-electron chi connectivity index (χ1n) is 38.7. The number of allylic oxidation sites excluding steroid dienone is 32. The molecule has 0 saturated carbocycles. The average Bonchev–Trinajstić information content (AvgIpc) is 0.937. The maximum atomic E-state index is 13.1. The van der Waals surface area contributed by atoms with Crippen molar-refractivity contribution in [3.63, 3.8) is 0 Å². The molecule has 0 aliphatic carbocycles. The van der Waals surface area contributed by atoms with Gasteiger partial charge in [0.15, 0.2) is 12.2 Å². The molecule has 0 aromatic heterocycles. The predicted molar refractivity (Wildman–Crippen MR) is 426 cm³/mol. The maximum absolute atomic E-state index is 13.1. The van der Waals surface area contributed by atoms with E-state index in [-0.39, 0.29) is 25.7 Å². The normalized spacial score (nSPS) is 15.0. The first kappa shape index (κ1) is 97.9. The molecule has 3 N–H and O–H groups in total. The van der Waals surface area contributed by atoms with E-state index >= 15 is 0 Å². The van der Waals surface area contributed by atoms with Gasteiger partial charge in [0.25, 0.3) is 0 Å². The molecule has 586 valence electrons. The molecule has 0 aromatic rings. The van der Waals surface area contributed by atoms with E-state index in [4.69, 9.17) is 37.0 Å². The van der Waals surface area contributed by atoms with Crippen molar-refractivity contribution >= 4 is 39.5 Å². The number of aliphatic hydroxyl groups excluding tert-OH is 1. The van der Waals surface area contributed by atoms with Gasteiger partial charge in [0.1, 0.15) is 19.3 Å². The minimum atomic E-state index is -5.01. The van der Waals surface area contributed by atoms with Gasteiger partial charge >= 0.3 is 39.5 Å². The number of aliphatic hydroxyl groups is 1. The fourth-order valence-corrected chi connectivity index (χ4v) is 10.9. The lowest BCUT2D eigenvalue weighted by Gasteiger charge is -2.21. The maximum Gasteiger partial charge on any atom is 0.472 e. The van der Waals surface area contributed by atoms with E-state index in [9.17, 15) is 43.2 Å².